The molecule has 0 saturated carbocycles. The van der Waals surface area contributed by atoms with E-state index in [2.05, 4.69) is 10.3 Å². The molecular formula is C27H26F3N5O3S. The Bertz CT molecular complexity index is 1630. The topological polar surface area (TPSA) is 110 Å². The minimum Gasteiger partial charge on any atom is -0.366 e. The number of alkyl halides is 3. The summed E-state index contributed by atoms with van der Waals surface area (Å²) in [5.74, 6) is -0.441. The summed E-state index contributed by atoms with van der Waals surface area (Å²) in [4.78, 5) is 16.4. The lowest BCUT2D eigenvalue weighted by Gasteiger charge is -2.25. The molecule has 0 bridgehead atoms. The molecule has 5 rings (SSSR count). The molecule has 1 fully saturated rings. The van der Waals surface area contributed by atoms with Gasteiger partial charge in [0.25, 0.3) is 0 Å². The molecule has 2 heterocycles. The third-order valence-electron chi connectivity index (χ3n) is 6.75. The molecule has 0 spiro atoms. The number of hydrogen-bond acceptors (Lipinski definition) is 5. The molecule has 39 heavy (non-hydrogen) atoms. The zero-order chi connectivity index (χ0) is 27.8. The maximum absolute atomic E-state index is 13.7. The molecule has 12 heteroatoms. The van der Waals surface area contributed by atoms with Crippen LogP contribution < -0.4 is 11.1 Å². The number of carbonyl (C=O) groups excluding carboxylic acids is 1. The van der Waals surface area contributed by atoms with E-state index in [1.165, 1.54) is 46.8 Å². The van der Waals surface area contributed by atoms with Crippen molar-refractivity contribution in [3.63, 3.8) is 0 Å². The maximum atomic E-state index is 13.7. The number of rotatable bonds is 7. The van der Waals surface area contributed by atoms with Crippen LogP contribution in [0.4, 0.5) is 24.8 Å². The number of anilines is 2. The number of nitrogens with zero attached hydrogens (tertiary/aromatic N) is 3. The van der Waals surface area contributed by atoms with Gasteiger partial charge < -0.3 is 15.6 Å². The summed E-state index contributed by atoms with van der Waals surface area (Å²) in [6.45, 7) is 0.809. The predicted octanol–water partition coefficient (Wildman–Crippen LogP) is 5.12. The van der Waals surface area contributed by atoms with E-state index in [-0.39, 0.29) is 28.5 Å². The van der Waals surface area contributed by atoms with Crippen LogP contribution in [0.3, 0.4) is 0 Å². The molecule has 0 atom stereocenters. The van der Waals surface area contributed by atoms with Crippen LogP contribution in [0.2, 0.25) is 0 Å². The van der Waals surface area contributed by atoms with Crippen molar-refractivity contribution in [2.45, 2.75) is 36.9 Å². The van der Waals surface area contributed by atoms with E-state index >= 15 is 0 Å². The molecule has 0 unspecified atom stereocenters. The van der Waals surface area contributed by atoms with Crippen LogP contribution in [0.5, 0.6) is 0 Å². The largest absolute Gasteiger partial charge is 0.416 e. The van der Waals surface area contributed by atoms with Gasteiger partial charge in [-0.1, -0.05) is 24.6 Å². The fourth-order valence-electron chi connectivity index (χ4n) is 4.74. The van der Waals surface area contributed by atoms with Crippen LogP contribution in [0.15, 0.2) is 71.6 Å². The molecule has 0 radical (unpaired) electrons. The highest BCUT2D eigenvalue weighted by Crippen LogP contribution is 2.34. The summed E-state index contributed by atoms with van der Waals surface area (Å²) in [6.07, 6.45) is -1.90. The van der Waals surface area contributed by atoms with Gasteiger partial charge in [-0.3, -0.25) is 4.79 Å². The van der Waals surface area contributed by atoms with E-state index in [1.807, 2.05) is 0 Å². The summed E-state index contributed by atoms with van der Waals surface area (Å²) < 4.78 is 70.1. The number of nitrogens with two attached hydrogens (primary N) is 1. The lowest BCUT2D eigenvalue weighted by molar-refractivity contribution is -0.138. The van der Waals surface area contributed by atoms with Gasteiger partial charge in [0, 0.05) is 24.3 Å². The molecule has 8 nitrogen and oxygen atoms in total. The van der Waals surface area contributed by atoms with Gasteiger partial charge in [-0.2, -0.15) is 17.5 Å². The molecular weight excluding hydrogens is 531 g/mol. The Labute approximate surface area is 223 Å². The van der Waals surface area contributed by atoms with Crippen LogP contribution in [0, 0.1) is 0 Å². The van der Waals surface area contributed by atoms with Gasteiger partial charge in [0.2, 0.25) is 21.9 Å². The van der Waals surface area contributed by atoms with Crippen molar-refractivity contribution in [3.8, 4) is 0 Å². The van der Waals surface area contributed by atoms with Crippen LogP contribution >= 0.6 is 0 Å². The number of piperidine rings is 1. The second-order valence-corrected chi connectivity index (χ2v) is 11.3. The number of hydrogen-bond donors (Lipinski definition) is 2. The zero-order valence-electron chi connectivity index (χ0n) is 20.8. The van der Waals surface area contributed by atoms with Crippen molar-refractivity contribution in [1.82, 2.24) is 13.9 Å². The summed E-state index contributed by atoms with van der Waals surface area (Å²) in [7, 11) is -3.62. The van der Waals surface area contributed by atoms with Crippen LogP contribution in [-0.4, -0.2) is 41.3 Å². The Hall–Kier alpha value is -3.90. The van der Waals surface area contributed by atoms with E-state index < -0.39 is 27.7 Å². The number of amides is 1. The number of carbonyl (C=O) groups is 1. The number of sulfonamides is 1. The van der Waals surface area contributed by atoms with Crippen molar-refractivity contribution in [3.05, 3.63) is 83.4 Å². The standard InChI is InChI=1S/C27H26F3N5O3S/c28-27(29,30)22-7-3-2-6-19(22)17-35-24-13-8-18(25(31)36)16-23(24)33-26(35)32-20-9-11-21(12-10-20)39(37,38)34-14-4-1-5-15-34/h2-3,6-13,16H,1,4-5,14-15,17H2,(H2,31,36)(H,32,33). The van der Waals surface area contributed by atoms with Gasteiger partial charge in [-0.25, -0.2) is 13.4 Å². The van der Waals surface area contributed by atoms with Crippen molar-refractivity contribution in [2.24, 2.45) is 5.73 Å². The Kier molecular flexibility index (Phi) is 7.08. The maximum Gasteiger partial charge on any atom is 0.416 e. The normalized spacial score (nSPS) is 14.9. The first-order valence-corrected chi connectivity index (χ1v) is 13.8. The molecule has 204 valence electrons. The van der Waals surface area contributed by atoms with Gasteiger partial charge in [0.1, 0.15) is 0 Å². The third-order valence-corrected chi connectivity index (χ3v) is 8.66. The smallest absolute Gasteiger partial charge is 0.366 e. The summed E-state index contributed by atoms with van der Waals surface area (Å²) in [5.41, 5.74) is 6.22. The molecule has 1 saturated heterocycles. The average molecular weight is 558 g/mol. The minimum absolute atomic E-state index is 0.0364. The van der Waals surface area contributed by atoms with Crippen LogP contribution in [0.25, 0.3) is 11.0 Å². The molecule has 0 aliphatic carbocycles. The quantitative estimate of drug-likeness (QED) is 0.328. The lowest BCUT2D eigenvalue weighted by atomic mass is 10.1. The van der Waals surface area contributed by atoms with E-state index in [4.69, 9.17) is 5.73 Å². The highest BCUT2D eigenvalue weighted by Gasteiger charge is 2.33. The molecule has 1 aliphatic heterocycles. The Balaban J connectivity index is 1.51. The van der Waals surface area contributed by atoms with Crippen molar-refractivity contribution in [1.29, 1.82) is 0 Å². The monoisotopic (exact) mass is 557 g/mol. The summed E-state index contributed by atoms with van der Waals surface area (Å²) in [6, 6.07) is 16.0. The van der Waals surface area contributed by atoms with E-state index in [9.17, 15) is 26.4 Å². The Morgan fingerprint density at radius 3 is 2.33 bits per heavy atom. The zero-order valence-corrected chi connectivity index (χ0v) is 21.6. The number of nitrogens with one attached hydrogen (secondary N) is 1. The Morgan fingerprint density at radius 2 is 1.67 bits per heavy atom. The average Bonchev–Trinajstić information content (AvgIpc) is 3.25. The first-order valence-electron chi connectivity index (χ1n) is 12.4. The van der Waals surface area contributed by atoms with E-state index in [0.717, 1.165) is 25.3 Å². The molecule has 4 aromatic rings. The number of primary amides is 1. The summed E-state index contributed by atoms with van der Waals surface area (Å²) in [5, 5.41) is 3.09. The fourth-order valence-corrected chi connectivity index (χ4v) is 6.25. The van der Waals surface area contributed by atoms with Crippen molar-refractivity contribution >= 4 is 38.6 Å². The highest BCUT2D eigenvalue weighted by atomic mass is 32.2. The number of imidazole rings is 1. The molecule has 3 N–H and O–H groups in total. The first-order chi connectivity index (χ1) is 18.5. The van der Waals surface area contributed by atoms with Gasteiger partial charge in [-0.15, -0.1) is 0 Å². The molecule has 3 aromatic carbocycles. The third kappa shape index (κ3) is 5.48. The fraction of sp³-hybridized carbons (Fsp3) is 0.259. The number of benzene rings is 3. The van der Waals surface area contributed by atoms with E-state index in [0.29, 0.717) is 29.8 Å². The second-order valence-electron chi connectivity index (χ2n) is 9.36. The molecule has 1 amide bonds. The minimum atomic E-state index is -4.55. The van der Waals surface area contributed by atoms with Crippen molar-refractivity contribution in [2.75, 3.05) is 18.4 Å². The SMILES string of the molecule is NC(=O)c1ccc2c(c1)nc(Nc1ccc(S(=O)(=O)N3CCCCC3)cc1)n2Cc1ccccc1C(F)(F)F. The first kappa shape index (κ1) is 26.7. The number of halogens is 3. The number of aromatic nitrogens is 2. The van der Waals surface area contributed by atoms with Crippen LogP contribution in [0.1, 0.15) is 40.7 Å². The number of fused-ring (bicyclic) bond motifs is 1. The predicted molar refractivity (Wildman–Crippen MR) is 141 cm³/mol. The van der Waals surface area contributed by atoms with Gasteiger partial charge >= 0.3 is 6.18 Å². The lowest BCUT2D eigenvalue weighted by Crippen LogP contribution is -2.35. The molecule has 1 aromatic heterocycles. The van der Waals surface area contributed by atoms with Gasteiger partial charge in [0.05, 0.1) is 28.0 Å². The highest BCUT2D eigenvalue weighted by molar-refractivity contribution is 7.89. The van der Waals surface area contributed by atoms with Gasteiger partial charge in [0.15, 0.2) is 0 Å². The summed E-state index contributed by atoms with van der Waals surface area (Å²) >= 11 is 0. The van der Waals surface area contributed by atoms with Crippen LogP contribution in [-0.2, 0) is 22.7 Å². The second kappa shape index (κ2) is 10.3. The van der Waals surface area contributed by atoms with E-state index in [1.54, 1.807) is 22.8 Å². The van der Waals surface area contributed by atoms with Crippen molar-refractivity contribution < 1.29 is 26.4 Å². The Morgan fingerprint density at radius 1 is 0.974 bits per heavy atom. The molecule has 1 aliphatic rings. The van der Waals surface area contributed by atoms with Gasteiger partial charge in [-0.05, 0) is 66.9 Å².